The van der Waals surface area contributed by atoms with Gasteiger partial charge in [-0.1, -0.05) is 58.0 Å². The van der Waals surface area contributed by atoms with Crippen LogP contribution in [-0.2, 0) is 10.2 Å². The summed E-state index contributed by atoms with van der Waals surface area (Å²) < 4.78 is 12.1. The van der Waals surface area contributed by atoms with Crippen molar-refractivity contribution in [3.8, 4) is 11.5 Å². The standard InChI is InChI=1S/C25H33NO3/c1-7-21(28-18-14-12-17(13-15-18)24(2,3)4)23(27)26-20-16-25(5,6)29-22-11-9-8-10-19(20)22/h8-15,20-21H,7,16H2,1-6H3,(H,26,27)/t20-,21-/m0/s1. The first-order valence-electron chi connectivity index (χ1n) is 10.4. The van der Waals surface area contributed by atoms with E-state index in [2.05, 4.69) is 38.2 Å². The normalized spacial score (nSPS) is 18.9. The second-order valence-electron chi connectivity index (χ2n) is 9.45. The summed E-state index contributed by atoms with van der Waals surface area (Å²) in [6, 6.07) is 15.8. The zero-order chi connectivity index (χ0) is 21.2. The molecule has 4 nitrogen and oxygen atoms in total. The topological polar surface area (TPSA) is 47.6 Å². The maximum Gasteiger partial charge on any atom is 0.261 e. The number of para-hydroxylation sites is 1. The molecule has 0 saturated heterocycles. The predicted octanol–water partition coefficient (Wildman–Crippen LogP) is 5.56. The molecule has 3 rings (SSSR count). The molecule has 0 aromatic heterocycles. The van der Waals surface area contributed by atoms with Crippen molar-refractivity contribution in [2.24, 2.45) is 0 Å². The van der Waals surface area contributed by atoms with Gasteiger partial charge in [-0.15, -0.1) is 0 Å². The van der Waals surface area contributed by atoms with Crippen molar-refractivity contribution >= 4 is 5.91 Å². The molecule has 156 valence electrons. The highest BCUT2D eigenvalue weighted by atomic mass is 16.5. The summed E-state index contributed by atoms with van der Waals surface area (Å²) in [5.41, 5.74) is 2.01. The van der Waals surface area contributed by atoms with Gasteiger partial charge in [-0.2, -0.15) is 0 Å². The zero-order valence-corrected chi connectivity index (χ0v) is 18.4. The fourth-order valence-corrected chi connectivity index (χ4v) is 3.72. The fraction of sp³-hybridized carbons (Fsp3) is 0.480. The third-order valence-electron chi connectivity index (χ3n) is 5.35. The Balaban J connectivity index is 1.72. The van der Waals surface area contributed by atoms with E-state index in [0.29, 0.717) is 18.6 Å². The molecular formula is C25H33NO3. The Morgan fingerprint density at radius 2 is 1.83 bits per heavy atom. The van der Waals surface area contributed by atoms with Crippen LogP contribution in [0.3, 0.4) is 0 Å². The van der Waals surface area contributed by atoms with Crippen LogP contribution in [0.15, 0.2) is 48.5 Å². The van der Waals surface area contributed by atoms with Crippen LogP contribution in [-0.4, -0.2) is 17.6 Å². The molecule has 2 aromatic rings. The lowest BCUT2D eigenvalue weighted by molar-refractivity contribution is -0.129. The van der Waals surface area contributed by atoms with Gasteiger partial charge < -0.3 is 14.8 Å². The summed E-state index contributed by atoms with van der Waals surface area (Å²) in [5, 5.41) is 3.19. The van der Waals surface area contributed by atoms with E-state index in [-0.39, 0.29) is 23.0 Å². The molecule has 0 bridgehead atoms. The molecule has 0 spiro atoms. The summed E-state index contributed by atoms with van der Waals surface area (Å²) in [4.78, 5) is 13.0. The van der Waals surface area contributed by atoms with E-state index in [1.54, 1.807) is 0 Å². The van der Waals surface area contributed by atoms with E-state index in [1.807, 2.05) is 57.2 Å². The van der Waals surface area contributed by atoms with Crippen molar-refractivity contribution in [2.45, 2.75) is 77.5 Å². The quantitative estimate of drug-likeness (QED) is 0.721. The fourth-order valence-electron chi connectivity index (χ4n) is 3.72. The van der Waals surface area contributed by atoms with Gasteiger partial charge >= 0.3 is 0 Å². The lowest BCUT2D eigenvalue weighted by Gasteiger charge is -2.38. The van der Waals surface area contributed by atoms with Crippen molar-refractivity contribution < 1.29 is 14.3 Å². The Morgan fingerprint density at radius 1 is 1.17 bits per heavy atom. The number of carbonyl (C=O) groups is 1. The molecule has 2 atom stereocenters. The Labute approximate surface area is 174 Å². The molecule has 1 aliphatic heterocycles. The maximum atomic E-state index is 13.0. The first-order chi connectivity index (χ1) is 13.6. The van der Waals surface area contributed by atoms with Crippen LogP contribution in [0.4, 0.5) is 0 Å². The summed E-state index contributed by atoms with van der Waals surface area (Å²) in [6.07, 6.45) is 0.779. The average Bonchev–Trinajstić information content (AvgIpc) is 2.64. The van der Waals surface area contributed by atoms with Gasteiger partial charge in [-0.05, 0) is 49.4 Å². The number of rotatable bonds is 5. The van der Waals surface area contributed by atoms with Crippen LogP contribution >= 0.6 is 0 Å². The number of benzene rings is 2. The summed E-state index contributed by atoms with van der Waals surface area (Å²) in [5.74, 6) is 1.46. The minimum absolute atomic E-state index is 0.0866. The van der Waals surface area contributed by atoms with Gasteiger partial charge in [0.25, 0.3) is 5.91 Å². The molecule has 0 unspecified atom stereocenters. The Kier molecular flexibility index (Phi) is 5.92. The van der Waals surface area contributed by atoms with Crippen LogP contribution in [0.25, 0.3) is 0 Å². The number of fused-ring (bicyclic) bond motifs is 1. The molecule has 0 aliphatic carbocycles. The van der Waals surface area contributed by atoms with Crippen molar-refractivity contribution in [2.75, 3.05) is 0 Å². The first-order valence-corrected chi connectivity index (χ1v) is 10.4. The van der Waals surface area contributed by atoms with Gasteiger partial charge in [0, 0.05) is 12.0 Å². The molecule has 0 fully saturated rings. The maximum absolute atomic E-state index is 13.0. The lowest BCUT2D eigenvalue weighted by atomic mass is 9.87. The highest BCUT2D eigenvalue weighted by molar-refractivity contribution is 5.81. The lowest BCUT2D eigenvalue weighted by Crippen LogP contribution is -2.45. The summed E-state index contributed by atoms with van der Waals surface area (Å²) in [6.45, 7) is 12.6. The molecule has 2 aromatic carbocycles. The van der Waals surface area contributed by atoms with E-state index in [1.165, 1.54) is 5.56 Å². The molecular weight excluding hydrogens is 362 g/mol. The second-order valence-corrected chi connectivity index (χ2v) is 9.45. The van der Waals surface area contributed by atoms with Crippen molar-refractivity contribution in [3.63, 3.8) is 0 Å². The predicted molar refractivity (Wildman–Crippen MR) is 116 cm³/mol. The molecule has 1 aliphatic rings. The highest BCUT2D eigenvalue weighted by Gasteiger charge is 2.35. The number of ether oxygens (including phenoxy) is 2. The van der Waals surface area contributed by atoms with Crippen molar-refractivity contribution in [1.29, 1.82) is 0 Å². The van der Waals surface area contributed by atoms with Gasteiger partial charge in [-0.25, -0.2) is 0 Å². The SMILES string of the molecule is CC[C@H](Oc1ccc(C(C)(C)C)cc1)C(=O)N[C@H]1CC(C)(C)Oc2ccccc21. The van der Waals surface area contributed by atoms with Crippen LogP contribution in [0.5, 0.6) is 11.5 Å². The van der Waals surface area contributed by atoms with E-state index < -0.39 is 6.10 Å². The van der Waals surface area contributed by atoms with Crippen LogP contribution < -0.4 is 14.8 Å². The van der Waals surface area contributed by atoms with Gasteiger partial charge in [0.1, 0.15) is 17.1 Å². The number of hydrogen-bond donors (Lipinski definition) is 1. The molecule has 1 heterocycles. The Hall–Kier alpha value is -2.49. The van der Waals surface area contributed by atoms with Crippen LogP contribution in [0.2, 0.25) is 0 Å². The smallest absolute Gasteiger partial charge is 0.261 e. The average molecular weight is 396 g/mol. The van der Waals surface area contributed by atoms with Gasteiger partial charge in [-0.3, -0.25) is 4.79 Å². The van der Waals surface area contributed by atoms with Gasteiger partial charge in [0.15, 0.2) is 6.10 Å². The molecule has 0 radical (unpaired) electrons. The van der Waals surface area contributed by atoms with Gasteiger partial charge in [0.2, 0.25) is 0 Å². The van der Waals surface area contributed by atoms with E-state index >= 15 is 0 Å². The van der Waals surface area contributed by atoms with Crippen molar-refractivity contribution in [3.05, 3.63) is 59.7 Å². The Morgan fingerprint density at radius 3 is 2.45 bits per heavy atom. The van der Waals surface area contributed by atoms with E-state index in [9.17, 15) is 4.79 Å². The van der Waals surface area contributed by atoms with Crippen molar-refractivity contribution in [1.82, 2.24) is 5.32 Å². The third kappa shape index (κ3) is 5.11. The zero-order valence-electron chi connectivity index (χ0n) is 18.4. The second kappa shape index (κ2) is 8.10. The van der Waals surface area contributed by atoms with Crippen LogP contribution in [0.1, 0.15) is 71.6 Å². The number of amides is 1. The molecule has 0 saturated carbocycles. The highest BCUT2D eigenvalue weighted by Crippen LogP contribution is 2.39. The van der Waals surface area contributed by atoms with Gasteiger partial charge in [0.05, 0.1) is 6.04 Å². The minimum Gasteiger partial charge on any atom is -0.487 e. The Bertz CT molecular complexity index is 849. The molecule has 1 N–H and O–H groups in total. The number of hydrogen-bond acceptors (Lipinski definition) is 3. The van der Waals surface area contributed by atoms with E-state index in [4.69, 9.17) is 9.47 Å². The third-order valence-corrected chi connectivity index (χ3v) is 5.35. The summed E-state index contributed by atoms with van der Waals surface area (Å²) >= 11 is 0. The first kappa shape index (κ1) is 21.2. The largest absolute Gasteiger partial charge is 0.487 e. The number of nitrogens with one attached hydrogen (secondary N) is 1. The number of carbonyl (C=O) groups excluding carboxylic acids is 1. The summed E-state index contributed by atoms with van der Waals surface area (Å²) in [7, 11) is 0. The molecule has 29 heavy (non-hydrogen) atoms. The van der Waals surface area contributed by atoms with E-state index in [0.717, 1.165) is 11.3 Å². The van der Waals surface area contributed by atoms with Crippen LogP contribution in [0, 0.1) is 0 Å². The minimum atomic E-state index is -0.534. The molecule has 1 amide bonds. The monoisotopic (exact) mass is 395 g/mol. The molecule has 4 heteroatoms.